The van der Waals surface area contributed by atoms with Crippen molar-refractivity contribution >= 4 is 18.0 Å². The molecule has 0 bridgehead atoms. The number of carbonyl (C=O) groups is 1. The molecule has 0 saturated heterocycles. The Morgan fingerprint density at radius 1 is 1.33 bits per heavy atom. The number of benzene rings is 1. The highest BCUT2D eigenvalue weighted by atomic mass is 32.2. The van der Waals surface area contributed by atoms with Crippen LogP contribution in [0.3, 0.4) is 0 Å². The highest BCUT2D eigenvalue weighted by Gasteiger charge is 1.92. The summed E-state index contributed by atoms with van der Waals surface area (Å²) in [5.41, 5.74) is 0.746. The molecule has 0 N–H and O–H groups in total. The molecule has 0 heterocycles. The molecule has 64 valence electrons. The van der Waals surface area contributed by atoms with Gasteiger partial charge in [0.15, 0.2) is 0 Å². The van der Waals surface area contributed by atoms with Gasteiger partial charge in [-0.05, 0) is 24.3 Å². The lowest BCUT2D eigenvalue weighted by Crippen LogP contribution is -1.79. The Morgan fingerprint density at radius 2 is 2.00 bits per heavy atom. The molecule has 0 aliphatic rings. The van der Waals surface area contributed by atoms with Crippen LogP contribution in [0.1, 0.15) is 23.7 Å². The molecule has 1 rings (SSSR count). The number of rotatable bonds is 4. The Hall–Kier alpha value is -0.760. The maximum atomic E-state index is 10.3. The van der Waals surface area contributed by atoms with Crippen molar-refractivity contribution in [3.63, 3.8) is 0 Å². The first-order valence-corrected chi connectivity index (χ1v) is 5.03. The molecule has 0 spiro atoms. The number of thioether (sulfide) groups is 1. The van der Waals surface area contributed by atoms with E-state index in [1.165, 1.54) is 11.3 Å². The Balaban J connectivity index is 2.58. The average Bonchev–Trinajstić information content (AvgIpc) is 2.15. The summed E-state index contributed by atoms with van der Waals surface area (Å²) in [5.74, 6) is 1.14. The Morgan fingerprint density at radius 3 is 2.50 bits per heavy atom. The molecule has 0 fully saturated rings. The first-order chi connectivity index (χ1) is 5.86. The molecule has 1 aromatic rings. The Kier molecular flexibility index (Phi) is 3.88. The lowest BCUT2D eigenvalue weighted by atomic mass is 10.2. The normalized spacial score (nSPS) is 9.75. The van der Waals surface area contributed by atoms with E-state index in [2.05, 4.69) is 6.92 Å². The molecule has 1 nitrogen and oxygen atoms in total. The van der Waals surface area contributed by atoms with E-state index in [1.807, 2.05) is 36.0 Å². The molecule has 0 radical (unpaired) electrons. The summed E-state index contributed by atoms with van der Waals surface area (Å²) < 4.78 is 0. The Bertz CT molecular complexity index is 241. The molecular weight excluding hydrogens is 168 g/mol. The first kappa shape index (κ1) is 9.33. The third-order valence-corrected chi connectivity index (χ3v) is 2.71. The van der Waals surface area contributed by atoms with Crippen molar-refractivity contribution in [2.45, 2.75) is 18.2 Å². The van der Waals surface area contributed by atoms with Crippen molar-refractivity contribution in [2.24, 2.45) is 0 Å². The van der Waals surface area contributed by atoms with Crippen molar-refractivity contribution in [1.29, 1.82) is 0 Å². The third-order valence-electron chi connectivity index (χ3n) is 1.49. The minimum absolute atomic E-state index is 0.746. The summed E-state index contributed by atoms with van der Waals surface area (Å²) in [6, 6.07) is 7.68. The van der Waals surface area contributed by atoms with E-state index in [-0.39, 0.29) is 0 Å². The summed E-state index contributed by atoms with van der Waals surface area (Å²) in [6.45, 7) is 2.16. The lowest BCUT2D eigenvalue weighted by molar-refractivity contribution is 0.112. The van der Waals surface area contributed by atoms with Crippen LogP contribution in [0, 0.1) is 0 Å². The topological polar surface area (TPSA) is 17.1 Å². The van der Waals surface area contributed by atoms with Crippen LogP contribution in [0.5, 0.6) is 0 Å². The number of hydrogen-bond donors (Lipinski definition) is 0. The minimum Gasteiger partial charge on any atom is -0.298 e. The monoisotopic (exact) mass is 180 g/mol. The fourth-order valence-corrected chi connectivity index (χ4v) is 1.63. The summed E-state index contributed by atoms with van der Waals surface area (Å²) in [6.07, 6.45) is 2.05. The second kappa shape index (κ2) is 4.99. The smallest absolute Gasteiger partial charge is 0.150 e. The maximum absolute atomic E-state index is 10.3. The van der Waals surface area contributed by atoms with E-state index in [0.29, 0.717) is 0 Å². The molecule has 0 atom stereocenters. The van der Waals surface area contributed by atoms with E-state index < -0.39 is 0 Å². The number of aldehydes is 1. The van der Waals surface area contributed by atoms with Crippen molar-refractivity contribution < 1.29 is 4.79 Å². The predicted molar refractivity (Wildman–Crippen MR) is 52.8 cm³/mol. The standard InChI is InChI=1S/C10H12OS/c1-2-7-12-10-5-3-9(8-11)4-6-10/h3-6,8H,2,7H2,1H3. The molecule has 0 aliphatic heterocycles. The largest absolute Gasteiger partial charge is 0.298 e. The van der Waals surface area contributed by atoms with Gasteiger partial charge in [0.05, 0.1) is 0 Å². The van der Waals surface area contributed by atoms with E-state index in [9.17, 15) is 4.79 Å². The van der Waals surface area contributed by atoms with Crippen LogP contribution in [0.2, 0.25) is 0 Å². The van der Waals surface area contributed by atoms with Crippen LogP contribution in [0.4, 0.5) is 0 Å². The van der Waals surface area contributed by atoms with Crippen molar-refractivity contribution in [3.05, 3.63) is 29.8 Å². The van der Waals surface area contributed by atoms with E-state index in [0.717, 1.165) is 17.6 Å². The van der Waals surface area contributed by atoms with Gasteiger partial charge in [0.2, 0.25) is 0 Å². The van der Waals surface area contributed by atoms with Crippen LogP contribution in [0.15, 0.2) is 29.2 Å². The maximum Gasteiger partial charge on any atom is 0.150 e. The fourth-order valence-electron chi connectivity index (χ4n) is 0.863. The average molecular weight is 180 g/mol. The summed E-state index contributed by atoms with van der Waals surface area (Å²) in [5, 5.41) is 0. The van der Waals surface area contributed by atoms with Gasteiger partial charge in [-0.3, -0.25) is 4.79 Å². The van der Waals surface area contributed by atoms with Crippen LogP contribution < -0.4 is 0 Å². The molecule has 12 heavy (non-hydrogen) atoms. The van der Waals surface area contributed by atoms with Gasteiger partial charge < -0.3 is 0 Å². The van der Waals surface area contributed by atoms with Crippen molar-refractivity contribution in [1.82, 2.24) is 0 Å². The molecule has 1 aromatic carbocycles. The lowest BCUT2D eigenvalue weighted by Gasteiger charge is -1.98. The SMILES string of the molecule is CCCSc1ccc(C=O)cc1. The van der Waals surface area contributed by atoms with E-state index in [1.54, 1.807) is 0 Å². The van der Waals surface area contributed by atoms with Gasteiger partial charge in [-0.15, -0.1) is 11.8 Å². The third kappa shape index (κ3) is 2.70. The van der Waals surface area contributed by atoms with Crippen LogP contribution in [-0.2, 0) is 0 Å². The van der Waals surface area contributed by atoms with Gasteiger partial charge in [0.1, 0.15) is 6.29 Å². The molecule has 0 saturated carbocycles. The zero-order chi connectivity index (χ0) is 8.81. The van der Waals surface area contributed by atoms with Gasteiger partial charge in [-0.1, -0.05) is 19.1 Å². The van der Waals surface area contributed by atoms with Crippen LogP contribution >= 0.6 is 11.8 Å². The first-order valence-electron chi connectivity index (χ1n) is 4.05. The summed E-state index contributed by atoms with van der Waals surface area (Å²) >= 11 is 1.82. The minimum atomic E-state index is 0.746. The zero-order valence-corrected chi connectivity index (χ0v) is 7.93. The van der Waals surface area contributed by atoms with Crippen molar-refractivity contribution in [3.8, 4) is 0 Å². The molecule has 0 aliphatic carbocycles. The van der Waals surface area contributed by atoms with E-state index in [4.69, 9.17) is 0 Å². The van der Waals surface area contributed by atoms with E-state index >= 15 is 0 Å². The van der Waals surface area contributed by atoms with Gasteiger partial charge in [-0.25, -0.2) is 0 Å². The van der Waals surface area contributed by atoms with Gasteiger partial charge in [-0.2, -0.15) is 0 Å². The highest BCUT2D eigenvalue weighted by Crippen LogP contribution is 2.18. The summed E-state index contributed by atoms with van der Waals surface area (Å²) in [4.78, 5) is 11.6. The van der Waals surface area contributed by atoms with Gasteiger partial charge in [0.25, 0.3) is 0 Å². The molecule has 0 aromatic heterocycles. The Labute approximate surface area is 77.2 Å². The van der Waals surface area contributed by atoms with Crippen molar-refractivity contribution in [2.75, 3.05) is 5.75 Å². The second-order valence-electron chi connectivity index (χ2n) is 2.54. The number of hydrogen-bond acceptors (Lipinski definition) is 2. The molecule has 2 heteroatoms. The molecular formula is C10H12OS. The zero-order valence-electron chi connectivity index (χ0n) is 7.12. The predicted octanol–water partition coefficient (Wildman–Crippen LogP) is 3.00. The fraction of sp³-hybridized carbons (Fsp3) is 0.300. The number of carbonyl (C=O) groups excluding carboxylic acids is 1. The van der Waals surface area contributed by atoms with Gasteiger partial charge in [0, 0.05) is 10.5 Å². The highest BCUT2D eigenvalue weighted by molar-refractivity contribution is 7.99. The van der Waals surface area contributed by atoms with Gasteiger partial charge >= 0.3 is 0 Å². The molecule has 0 amide bonds. The summed E-state index contributed by atoms with van der Waals surface area (Å²) in [7, 11) is 0. The van der Waals surface area contributed by atoms with Crippen LogP contribution in [-0.4, -0.2) is 12.0 Å². The van der Waals surface area contributed by atoms with Crippen LogP contribution in [0.25, 0.3) is 0 Å². The quantitative estimate of drug-likeness (QED) is 0.523. The second-order valence-corrected chi connectivity index (χ2v) is 3.70. The molecule has 0 unspecified atom stereocenters.